The Morgan fingerprint density at radius 3 is 2.19 bits per heavy atom. The average Bonchev–Trinajstić information content (AvgIpc) is 2.81. The summed E-state index contributed by atoms with van der Waals surface area (Å²) in [6.45, 7) is 0.479. The topological polar surface area (TPSA) is 74.2 Å². The van der Waals surface area contributed by atoms with Gasteiger partial charge in [-0.25, -0.2) is 0 Å². The first-order valence-corrected chi connectivity index (χ1v) is 9.58. The molecule has 3 aromatic rings. The fourth-order valence-electron chi connectivity index (χ4n) is 3.02. The maximum absolute atomic E-state index is 12.8. The number of benzene rings is 3. The van der Waals surface area contributed by atoms with Gasteiger partial charge in [0.2, 0.25) is 5.75 Å². The summed E-state index contributed by atoms with van der Waals surface area (Å²) in [6, 6.07) is 18.8. The van der Waals surface area contributed by atoms with Crippen LogP contribution in [0, 0.1) is 0 Å². The number of rotatable bonds is 9. The van der Waals surface area contributed by atoms with Crippen LogP contribution in [0.3, 0.4) is 0 Å². The number of ether oxygens (including phenoxy) is 4. The minimum absolute atomic E-state index is 0.000727. The van der Waals surface area contributed by atoms with Crippen molar-refractivity contribution in [2.45, 2.75) is 6.61 Å². The van der Waals surface area contributed by atoms with Crippen LogP contribution in [0.15, 0.2) is 66.7 Å². The van der Waals surface area contributed by atoms with Gasteiger partial charge in [0.25, 0.3) is 0 Å². The lowest BCUT2D eigenvalue weighted by atomic mass is 10.0. The van der Waals surface area contributed by atoms with Crippen molar-refractivity contribution >= 4 is 11.9 Å². The van der Waals surface area contributed by atoms with Crippen molar-refractivity contribution in [1.82, 2.24) is 0 Å². The first-order chi connectivity index (χ1) is 15.1. The van der Waals surface area contributed by atoms with E-state index in [0.717, 1.165) is 16.9 Å². The van der Waals surface area contributed by atoms with E-state index in [1.807, 2.05) is 54.6 Å². The molecule has 31 heavy (non-hydrogen) atoms. The highest BCUT2D eigenvalue weighted by molar-refractivity contribution is 6.11. The second kappa shape index (κ2) is 10.2. The van der Waals surface area contributed by atoms with Crippen LogP contribution in [0.4, 0.5) is 0 Å². The SMILES string of the molecule is COc1cc(OC)c(C(=O)C=Cc2ccc(OCc3ccccc3)cc2)c(O)c1OC. The lowest BCUT2D eigenvalue weighted by molar-refractivity contribution is 0.104. The third kappa shape index (κ3) is 5.17. The molecule has 0 radical (unpaired) electrons. The molecule has 0 atom stereocenters. The molecule has 0 heterocycles. The van der Waals surface area contributed by atoms with E-state index in [-0.39, 0.29) is 28.6 Å². The Morgan fingerprint density at radius 2 is 1.58 bits per heavy atom. The zero-order valence-corrected chi connectivity index (χ0v) is 17.6. The van der Waals surface area contributed by atoms with E-state index in [4.69, 9.17) is 18.9 Å². The lowest BCUT2D eigenvalue weighted by Crippen LogP contribution is -2.03. The molecule has 0 unspecified atom stereocenters. The van der Waals surface area contributed by atoms with Crippen molar-refractivity contribution in [2.24, 2.45) is 0 Å². The van der Waals surface area contributed by atoms with Gasteiger partial charge >= 0.3 is 0 Å². The zero-order chi connectivity index (χ0) is 22.2. The van der Waals surface area contributed by atoms with Gasteiger partial charge in [0.05, 0.1) is 21.3 Å². The maximum atomic E-state index is 12.8. The largest absolute Gasteiger partial charge is 0.504 e. The fraction of sp³-hybridized carbons (Fsp3) is 0.160. The van der Waals surface area contributed by atoms with Gasteiger partial charge in [-0.15, -0.1) is 0 Å². The molecule has 0 bridgehead atoms. The molecule has 160 valence electrons. The molecule has 0 saturated heterocycles. The molecule has 0 spiro atoms. The molecular weight excluding hydrogens is 396 g/mol. The van der Waals surface area contributed by atoms with Crippen LogP contribution < -0.4 is 18.9 Å². The van der Waals surface area contributed by atoms with Crippen LogP contribution in [0.1, 0.15) is 21.5 Å². The third-order valence-corrected chi connectivity index (χ3v) is 4.63. The second-order valence-corrected chi connectivity index (χ2v) is 6.58. The molecule has 6 nitrogen and oxygen atoms in total. The lowest BCUT2D eigenvalue weighted by Gasteiger charge is -2.15. The van der Waals surface area contributed by atoms with Crippen LogP contribution >= 0.6 is 0 Å². The summed E-state index contributed by atoms with van der Waals surface area (Å²) in [5, 5.41) is 10.5. The molecule has 0 saturated carbocycles. The van der Waals surface area contributed by atoms with Crippen LogP contribution in [-0.4, -0.2) is 32.2 Å². The number of aromatic hydroxyl groups is 1. The highest BCUT2D eigenvalue weighted by Gasteiger charge is 2.23. The van der Waals surface area contributed by atoms with Gasteiger partial charge in [-0.2, -0.15) is 0 Å². The number of ketones is 1. The van der Waals surface area contributed by atoms with E-state index >= 15 is 0 Å². The van der Waals surface area contributed by atoms with Gasteiger partial charge in [-0.3, -0.25) is 4.79 Å². The smallest absolute Gasteiger partial charge is 0.204 e. The molecule has 0 aromatic heterocycles. The minimum atomic E-state index is -0.431. The summed E-state index contributed by atoms with van der Waals surface area (Å²) >= 11 is 0. The van der Waals surface area contributed by atoms with Crippen molar-refractivity contribution < 1.29 is 28.8 Å². The maximum Gasteiger partial charge on any atom is 0.204 e. The molecule has 0 amide bonds. The van der Waals surface area contributed by atoms with Crippen LogP contribution in [0.5, 0.6) is 28.7 Å². The number of hydrogen-bond donors (Lipinski definition) is 1. The van der Waals surface area contributed by atoms with E-state index < -0.39 is 5.78 Å². The molecule has 6 heteroatoms. The van der Waals surface area contributed by atoms with Gasteiger partial charge in [-0.05, 0) is 29.3 Å². The Morgan fingerprint density at radius 1 is 0.903 bits per heavy atom. The Kier molecular flexibility index (Phi) is 7.17. The van der Waals surface area contributed by atoms with Crippen LogP contribution in [0.25, 0.3) is 6.08 Å². The van der Waals surface area contributed by atoms with Crippen molar-refractivity contribution in [3.8, 4) is 28.7 Å². The summed E-state index contributed by atoms with van der Waals surface area (Å²) in [7, 11) is 4.23. The molecule has 0 aliphatic carbocycles. The van der Waals surface area contributed by atoms with Crippen LogP contribution in [0.2, 0.25) is 0 Å². The van der Waals surface area contributed by atoms with E-state index in [9.17, 15) is 9.90 Å². The monoisotopic (exact) mass is 420 g/mol. The number of allylic oxidation sites excluding steroid dienone is 1. The predicted octanol–water partition coefficient (Wildman–Crippen LogP) is 4.89. The van der Waals surface area contributed by atoms with E-state index in [0.29, 0.717) is 6.61 Å². The van der Waals surface area contributed by atoms with Gasteiger partial charge in [0.1, 0.15) is 23.7 Å². The number of hydrogen-bond acceptors (Lipinski definition) is 6. The molecule has 0 aliphatic rings. The average molecular weight is 420 g/mol. The molecule has 3 rings (SSSR count). The van der Waals surface area contributed by atoms with Gasteiger partial charge in [-0.1, -0.05) is 48.5 Å². The van der Waals surface area contributed by atoms with Crippen molar-refractivity contribution in [2.75, 3.05) is 21.3 Å². The fourth-order valence-corrected chi connectivity index (χ4v) is 3.02. The summed E-state index contributed by atoms with van der Waals surface area (Å²) in [5.74, 6) is 0.488. The minimum Gasteiger partial charge on any atom is -0.504 e. The predicted molar refractivity (Wildman–Crippen MR) is 118 cm³/mol. The molecule has 1 N–H and O–H groups in total. The number of phenols is 1. The first-order valence-electron chi connectivity index (χ1n) is 9.58. The highest BCUT2D eigenvalue weighted by atomic mass is 16.5. The van der Waals surface area contributed by atoms with Crippen molar-refractivity contribution in [3.05, 3.63) is 83.4 Å². The van der Waals surface area contributed by atoms with E-state index in [2.05, 4.69) is 0 Å². The van der Waals surface area contributed by atoms with Gasteiger partial charge in [0.15, 0.2) is 17.3 Å². The molecule has 3 aromatic carbocycles. The van der Waals surface area contributed by atoms with Gasteiger partial charge < -0.3 is 24.1 Å². The highest BCUT2D eigenvalue weighted by Crippen LogP contribution is 2.44. The number of methoxy groups -OCH3 is 3. The summed E-state index contributed by atoms with van der Waals surface area (Å²) < 4.78 is 21.4. The summed E-state index contributed by atoms with van der Waals surface area (Å²) in [6.07, 6.45) is 3.02. The Labute approximate surface area is 181 Å². The normalized spacial score (nSPS) is 10.7. The van der Waals surface area contributed by atoms with Crippen molar-refractivity contribution in [3.63, 3.8) is 0 Å². The molecular formula is C25H24O6. The Hall–Kier alpha value is -3.93. The van der Waals surface area contributed by atoms with Crippen molar-refractivity contribution in [1.29, 1.82) is 0 Å². The standard InChI is InChI=1S/C25H24O6/c1-28-21-15-22(29-2)25(30-3)24(27)23(21)20(26)14-11-17-9-12-19(13-10-17)31-16-18-7-5-4-6-8-18/h4-15,27H,16H2,1-3H3. The summed E-state index contributed by atoms with van der Waals surface area (Å²) in [5.41, 5.74) is 1.89. The number of phenolic OH excluding ortho intramolecular Hbond substituents is 1. The van der Waals surface area contributed by atoms with Gasteiger partial charge in [0, 0.05) is 6.07 Å². The molecule has 0 aliphatic heterocycles. The Bertz CT molecular complexity index is 1060. The second-order valence-electron chi connectivity index (χ2n) is 6.58. The zero-order valence-electron chi connectivity index (χ0n) is 17.6. The first kappa shape index (κ1) is 21.8. The quantitative estimate of drug-likeness (QED) is 0.392. The van der Waals surface area contributed by atoms with E-state index in [1.165, 1.54) is 33.5 Å². The van der Waals surface area contributed by atoms with E-state index in [1.54, 1.807) is 6.08 Å². The number of carbonyl (C=O) groups excluding carboxylic acids is 1. The van der Waals surface area contributed by atoms with Crippen LogP contribution in [-0.2, 0) is 6.61 Å². The Balaban J connectivity index is 1.74. The number of carbonyl (C=O) groups is 1. The molecule has 0 fully saturated rings. The summed E-state index contributed by atoms with van der Waals surface area (Å²) in [4.78, 5) is 12.8. The third-order valence-electron chi connectivity index (χ3n) is 4.63.